The first-order chi connectivity index (χ1) is 12.4. The lowest BCUT2D eigenvalue weighted by molar-refractivity contribution is 0.0923. The topological polar surface area (TPSA) is 66.5 Å². The number of amides is 1. The molecule has 1 saturated heterocycles. The number of sulfonamides is 1. The fraction of sp³-hybridized carbons (Fsp3) is 0.650. The third kappa shape index (κ3) is 4.29. The van der Waals surface area contributed by atoms with Crippen molar-refractivity contribution >= 4 is 15.9 Å². The van der Waals surface area contributed by atoms with Crippen molar-refractivity contribution in [2.24, 2.45) is 5.92 Å². The van der Waals surface area contributed by atoms with E-state index < -0.39 is 10.0 Å². The molecule has 1 heterocycles. The van der Waals surface area contributed by atoms with Crippen LogP contribution in [0.4, 0.5) is 0 Å². The third-order valence-electron chi connectivity index (χ3n) is 5.73. The number of carbonyl (C=O) groups is 1. The summed E-state index contributed by atoms with van der Waals surface area (Å²) >= 11 is 0. The number of benzene rings is 1. The summed E-state index contributed by atoms with van der Waals surface area (Å²) < 4.78 is 27.6. The number of carbonyl (C=O) groups excluding carboxylic acids is 1. The van der Waals surface area contributed by atoms with E-state index >= 15 is 0 Å². The number of hydrogen-bond donors (Lipinski definition) is 1. The molecule has 2 fully saturated rings. The van der Waals surface area contributed by atoms with Crippen molar-refractivity contribution in [3.05, 3.63) is 29.3 Å². The lowest BCUT2D eigenvalue weighted by Gasteiger charge is -2.28. The van der Waals surface area contributed by atoms with Crippen molar-refractivity contribution in [1.29, 1.82) is 0 Å². The molecule has 1 N–H and O–H groups in total. The number of nitrogens with one attached hydrogen (secondary N) is 1. The van der Waals surface area contributed by atoms with Gasteiger partial charge in [0.05, 0.1) is 4.90 Å². The van der Waals surface area contributed by atoms with Gasteiger partial charge in [-0.3, -0.25) is 4.79 Å². The molecule has 1 amide bonds. The Labute approximate surface area is 157 Å². The number of nitrogens with zero attached hydrogens (tertiary/aromatic N) is 1. The largest absolute Gasteiger partial charge is 0.349 e. The molecule has 0 unspecified atom stereocenters. The van der Waals surface area contributed by atoms with Gasteiger partial charge in [0, 0.05) is 24.7 Å². The highest BCUT2D eigenvalue weighted by Gasteiger charge is 2.28. The van der Waals surface area contributed by atoms with E-state index in [1.54, 1.807) is 29.4 Å². The summed E-state index contributed by atoms with van der Waals surface area (Å²) in [6, 6.07) is 5.22. The van der Waals surface area contributed by atoms with Crippen LogP contribution >= 0.6 is 0 Å². The first-order valence-corrected chi connectivity index (χ1v) is 11.2. The minimum absolute atomic E-state index is 0.167. The summed E-state index contributed by atoms with van der Waals surface area (Å²) in [5.41, 5.74) is 1.13. The molecule has 26 heavy (non-hydrogen) atoms. The Hall–Kier alpha value is -1.40. The molecular weight excluding hydrogens is 348 g/mol. The Morgan fingerprint density at radius 2 is 1.73 bits per heavy atom. The molecule has 0 spiro atoms. The molecule has 0 aromatic heterocycles. The quantitative estimate of drug-likeness (QED) is 0.872. The average Bonchev–Trinajstić information content (AvgIpc) is 2.64. The van der Waals surface area contributed by atoms with Crippen molar-refractivity contribution in [2.75, 3.05) is 13.1 Å². The van der Waals surface area contributed by atoms with Gasteiger partial charge in [0.2, 0.25) is 10.0 Å². The Morgan fingerprint density at radius 1 is 1.08 bits per heavy atom. The molecule has 1 saturated carbocycles. The van der Waals surface area contributed by atoms with Crippen LogP contribution in [0.5, 0.6) is 0 Å². The van der Waals surface area contributed by atoms with Gasteiger partial charge in [0.15, 0.2) is 0 Å². The molecular formula is C20H30N2O3S. The fourth-order valence-corrected chi connectivity index (χ4v) is 5.70. The minimum Gasteiger partial charge on any atom is -0.349 e. The normalized spacial score (nSPS) is 25.0. The van der Waals surface area contributed by atoms with E-state index in [-0.39, 0.29) is 16.8 Å². The van der Waals surface area contributed by atoms with Crippen LogP contribution in [0.1, 0.15) is 67.8 Å². The molecule has 6 heteroatoms. The van der Waals surface area contributed by atoms with Gasteiger partial charge in [-0.15, -0.1) is 0 Å². The van der Waals surface area contributed by atoms with Crippen LogP contribution in [0.25, 0.3) is 0 Å². The van der Waals surface area contributed by atoms with Crippen LogP contribution in [0.15, 0.2) is 23.1 Å². The zero-order valence-corrected chi connectivity index (χ0v) is 16.6. The van der Waals surface area contributed by atoms with Gasteiger partial charge >= 0.3 is 0 Å². The van der Waals surface area contributed by atoms with Gasteiger partial charge < -0.3 is 5.32 Å². The van der Waals surface area contributed by atoms with E-state index in [1.807, 2.05) is 0 Å². The second-order valence-electron chi connectivity index (χ2n) is 7.88. The maximum Gasteiger partial charge on any atom is 0.251 e. The van der Waals surface area contributed by atoms with E-state index in [1.165, 1.54) is 0 Å². The Morgan fingerprint density at radius 3 is 2.38 bits per heavy atom. The summed E-state index contributed by atoms with van der Waals surface area (Å²) in [5, 5.41) is 3.09. The van der Waals surface area contributed by atoms with Crippen LogP contribution < -0.4 is 5.32 Å². The van der Waals surface area contributed by atoms with Crippen molar-refractivity contribution < 1.29 is 13.2 Å². The lowest BCUT2D eigenvalue weighted by atomic mass is 9.87. The molecule has 1 aliphatic carbocycles. The van der Waals surface area contributed by atoms with Gasteiger partial charge in [0.1, 0.15) is 0 Å². The summed E-state index contributed by atoms with van der Waals surface area (Å²) in [6.07, 6.45) is 7.14. The number of hydrogen-bond acceptors (Lipinski definition) is 3. The molecule has 1 aliphatic heterocycles. The highest BCUT2D eigenvalue weighted by Crippen LogP contribution is 2.26. The van der Waals surface area contributed by atoms with Crippen molar-refractivity contribution in [3.63, 3.8) is 0 Å². The number of piperidine rings is 1. The van der Waals surface area contributed by atoms with Gasteiger partial charge in [0.25, 0.3) is 5.91 Å². The van der Waals surface area contributed by atoms with Gasteiger partial charge in [-0.25, -0.2) is 8.42 Å². The van der Waals surface area contributed by atoms with Crippen LogP contribution in [-0.4, -0.2) is 37.8 Å². The van der Waals surface area contributed by atoms with E-state index in [4.69, 9.17) is 0 Å². The average molecular weight is 379 g/mol. The molecule has 2 aliphatic rings. The van der Waals surface area contributed by atoms with Crippen molar-refractivity contribution in [3.8, 4) is 0 Å². The van der Waals surface area contributed by atoms with Crippen LogP contribution in [0.2, 0.25) is 0 Å². The van der Waals surface area contributed by atoms with E-state index in [0.29, 0.717) is 24.2 Å². The second-order valence-corrected chi connectivity index (χ2v) is 9.78. The Balaban J connectivity index is 1.77. The predicted octanol–water partition coefficient (Wildman–Crippen LogP) is 3.48. The number of aryl methyl sites for hydroxylation is 1. The SMILES string of the molecule is Cc1ccc(C(=O)NC2CCC(C)CC2)cc1S(=O)(=O)N1CCCCC1. The van der Waals surface area contributed by atoms with E-state index in [9.17, 15) is 13.2 Å². The van der Waals surface area contributed by atoms with E-state index in [0.717, 1.165) is 50.9 Å². The highest BCUT2D eigenvalue weighted by atomic mass is 32.2. The zero-order valence-electron chi connectivity index (χ0n) is 15.8. The van der Waals surface area contributed by atoms with Crippen molar-refractivity contribution in [2.45, 2.75) is 69.7 Å². The molecule has 5 nitrogen and oxygen atoms in total. The molecule has 0 bridgehead atoms. The summed E-state index contributed by atoms with van der Waals surface area (Å²) in [6.45, 7) is 5.17. The minimum atomic E-state index is -3.54. The maximum atomic E-state index is 13.0. The molecule has 1 aromatic rings. The maximum absolute atomic E-state index is 13.0. The first-order valence-electron chi connectivity index (χ1n) is 9.79. The third-order valence-corrected chi connectivity index (χ3v) is 7.77. The standard InChI is InChI=1S/C20H30N2O3S/c1-15-6-10-18(11-7-15)21-20(23)17-9-8-16(2)19(14-17)26(24,25)22-12-4-3-5-13-22/h8-9,14-15,18H,3-7,10-13H2,1-2H3,(H,21,23). The summed E-state index contributed by atoms with van der Waals surface area (Å²) in [4.78, 5) is 12.9. The Kier molecular flexibility index (Phi) is 6.03. The molecule has 0 atom stereocenters. The molecule has 144 valence electrons. The monoisotopic (exact) mass is 378 g/mol. The van der Waals surface area contributed by atoms with Gasteiger partial charge in [-0.2, -0.15) is 4.31 Å². The summed E-state index contributed by atoms with van der Waals surface area (Å²) in [5.74, 6) is 0.559. The molecule has 3 rings (SSSR count). The second kappa shape index (κ2) is 8.09. The lowest BCUT2D eigenvalue weighted by Crippen LogP contribution is -2.38. The summed E-state index contributed by atoms with van der Waals surface area (Å²) in [7, 11) is -3.54. The molecule has 1 aromatic carbocycles. The Bertz CT molecular complexity index is 746. The van der Waals surface area contributed by atoms with Crippen molar-refractivity contribution in [1.82, 2.24) is 9.62 Å². The smallest absolute Gasteiger partial charge is 0.251 e. The van der Waals surface area contributed by atoms with Crippen LogP contribution in [0.3, 0.4) is 0 Å². The van der Waals surface area contributed by atoms with Gasteiger partial charge in [-0.1, -0.05) is 19.4 Å². The van der Waals surface area contributed by atoms with E-state index in [2.05, 4.69) is 12.2 Å². The zero-order chi connectivity index (χ0) is 18.7. The fourth-order valence-electron chi connectivity index (χ4n) is 3.94. The predicted molar refractivity (Wildman–Crippen MR) is 103 cm³/mol. The highest BCUT2D eigenvalue weighted by molar-refractivity contribution is 7.89. The molecule has 0 radical (unpaired) electrons. The van der Waals surface area contributed by atoms with Gasteiger partial charge in [-0.05, 0) is 69.1 Å². The first kappa shape index (κ1) is 19.4. The van der Waals surface area contributed by atoms with Crippen LogP contribution in [-0.2, 0) is 10.0 Å². The van der Waals surface area contributed by atoms with Crippen LogP contribution in [0, 0.1) is 12.8 Å². The number of rotatable bonds is 4.